The summed E-state index contributed by atoms with van der Waals surface area (Å²) in [5.74, 6) is -10.4. The van der Waals surface area contributed by atoms with Gasteiger partial charge in [-0.15, -0.1) is 0 Å². The molecule has 0 bridgehead atoms. The first-order valence-electron chi connectivity index (χ1n) is 16.7. The Hall–Kier alpha value is -6.29. The Morgan fingerprint density at radius 3 is 1.34 bits per heavy atom. The van der Waals surface area contributed by atoms with Crippen LogP contribution in [0.25, 0.3) is 0 Å². The van der Waals surface area contributed by atoms with Crippen molar-refractivity contribution in [1.82, 2.24) is 0 Å². The van der Waals surface area contributed by atoms with Crippen molar-refractivity contribution < 1.29 is 59.2 Å². The zero-order valence-corrected chi connectivity index (χ0v) is 30.7. The van der Waals surface area contributed by atoms with Gasteiger partial charge in [-0.1, -0.05) is 59.6 Å². The van der Waals surface area contributed by atoms with Crippen LogP contribution in [0.4, 0.5) is 61.0 Å². The summed E-state index contributed by atoms with van der Waals surface area (Å²) in [5, 5.41) is 36.4. The molecule has 0 amide bonds. The van der Waals surface area contributed by atoms with Crippen LogP contribution in [0.1, 0.15) is 27.8 Å². The summed E-state index contributed by atoms with van der Waals surface area (Å²) in [4.78, 5) is 0. The Bertz CT molecular complexity index is 2340. The summed E-state index contributed by atoms with van der Waals surface area (Å²) in [6.07, 6.45) is -4.46. The van der Waals surface area contributed by atoms with Gasteiger partial charge in [-0.05, 0) is 78.7 Å². The molecule has 0 atom stereocenters. The Labute approximate surface area is 330 Å². The molecule has 306 valence electrons. The molecule has 6 N–H and O–H groups in total. The first kappa shape index (κ1) is 44.4. The van der Waals surface area contributed by atoms with Crippen molar-refractivity contribution >= 4 is 28.7 Å². The number of halogens is 11. The molecule has 6 nitrogen and oxygen atoms in total. The fourth-order valence-electron chi connectivity index (χ4n) is 5.01. The van der Waals surface area contributed by atoms with Crippen molar-refractivity contribution in [2.75, 3.05) is 16.0 Å². The maximum atomic E-state index is 13.5. The van der Waals surface area contributed by atoms with Gasteiger partial charge in [-0.25, -0.2) is 17.6 Å². The second-order valence-corrected chi connectivity index (χ2v) is 12.6. The van der Waals surface area contributed by atoms with Crippen molar-refractivity contribution in [2.45, 2.75) is 32.7 Å². The lowest BCUT2D eigenvalue weighted by molar-refractivity contribution is -0.137. The minimum absolute atomic E-state index is 0.0433. The van der Waals surface area contributed by atoms with Crippen LogP contribution in [0.15, 0.2) is 103 Å². The minimum atomic E-state index is -4.46. The van der Waals surface area contributed by atoms with Gasteiger partial charge in [0.1, 0.15) is 5.82 Å². The summed E-state index contributed by atoms with van der Waals surface area (Å²) < 4.78 is 129. The molecule has 6 rings (SSSR count). The zero-order chi connectivity index (χ0) is 42.7. The average Bonchev–Trinajstić information content (AvgIpc) is 3.18. The maximum absolute atomic E-state index is 13.5. The first-order valence-corrected chi connectivity index (χ1v) is 17.1. The van der Waals surface area contributed by atoms with E-state index in [1.807, 2.05) is 31.2 Å². The second kappa shape index (κ2) is 19.7. The number of nitrogens with one attached hydrogen (secondary N) is 3. The highest BCUT2D eigenvalue weighted by Crippen LogP contribution is 2.33. The monoisotopic (exact) mass is 839 g/mol. The average molecular weight is 840 g/mol. The van der Waals surface area contributed by atoms with Crippen LogP contribution < -0.4 is 16.0 Å². The number of phenolic OH excluding ortho intramolecular Hbond substituents is 3. The molecule has 6 aromatic rings. The van der Waals surface area contributed by atoms with E-state index in [0.29, 0.717) is 6.54 Å². The van der Waals surface area contributed by atoms with E-state index in [4.69, 9.17) is 11.6 Å². The lowest BCUT2D eigenvalue weighted by atomic mass is 10.1. The van der Waals surface area contributed by atoms with Gasteiger partial charge >= 0.3 is 6.18 Å². The topological polar surface area (TPSA) is 96.8 Å². The molecule has 0 saturated heterocycles. The van der Waals surface area contributed by atoms with E-state index in [9.17, 15) is 59.2 Å². The molecular formula is C41H32ClF10N3O3. The van der Waals surface area contributed by atoms with Crippen LogP contribution in [0.3, 0.4) is 0 Å². The molecule has 0 aliphatic carbocycles. The van der Waals surface area contributed by atoms with Crippen LogP contribution in [-0.2, 0) is 25.8 Å². The molecule has 6 aromatic carbocycles. The molecule has 0 aliphatic rings. The first-order chi connectivity index (χ1) is 27.4. The van der Waals surface area contributed by atoms with E-state index in [0.717, 1.165) is 53.6 Å². The Balaban J connectivity index is 0.000000193. The van der Waals surface area contributed by atoms with E-state index in [2.05, 4.69) is 16.0 Å². The minimum Gasteiger partial charge on any atom is -0.503 e. The summed E-state index contributed by atoms with van der Waals surface area (Å²) in [6, 6.07) is 22.7. The van der Waals surface area contributed by atoms with Crippen LogP contribution in [-0.4, -0.2) is 15.3 Å². The molecular weight excluding hydrogens is 808 g/mol. The third-order valence-electron chi connectivity index (χ3n) is 8.03. The molecule has 0 radical (unpaired) electrons. The summed E-state index contributed by atoms with van der Waals surface area (Å²) >= 11 is 5.82. The fourth-order valence-corrected chi connectivity index (χ4v) is 5.24. The SMILES string of the molecule is Cc1cccc(CNc2ccc(F)c(F)c2O)c1.Oc1c(NCc2c(F)cccc2Cl)ccc(F)c1F.Oc1c(NCc2cccc(C(F)(F)F)c2)ccc(F)c1F. The Morgan fingerprint density at radius 2 is 0.914 bits per heavy atom. The van der Waals surface area contributed by atoms with Gasteiger partial charge in [0.05, 0.1) is 22.6 Å². The van der Waals surface area contributed by atoms with Gasteiger partial charge in [-0.2, -0.15) is 26.3 Å². The van der Waals surface area contributed by atoms with Crippen molar-refractivity contribution in [1.29, 1.82) is 0 Å². The fraction of sp³-hybridized carbons (Fsp3) is 0.122. The van der Waals surface area contributed by atoms with Crippen LogP contribution in [0.5, 0.6) is 17.2 Å². The van der Waals surface area contributed by atoms with E-state index in [-0.39, 0.29) is 46.3 Å². The summed E-state index contributed by atoms with van der Waals surface area (Å²) in [5.41, 5.74) is 1.79. The molecule has 0 aliphatic heterocycles. The Morgan fingerprint density at radius 1 is 0.500 bits per heavy atom. The van der Waals surface area contributed by atoms with Gasteiger partial charge in [0.2, 0.25) is 17.5 Å². The third-order valence-corrected chi connectivity index (χ3v) is 8.38. The van der Waals surface area contributed by atoms with Gasteiger partial charge in [0.15, 0.2) is 34.7 Å². The molecule has 0 aromatic heterocycles. The molecule has 0 spiro atoms. The van der Waals surface area contributed by atoms with E-state index in [1.165, 1.54) is 36.4 Å². The van der Waals surface area contributed by atoms with E-state index < -0.39 is 69.7 Å². The van der Waals surface area contributed by atoms with Crippen LogP contribution >= 0.6 is 11.6 Å². The smallest absolute Gasteiger partial charge is 0.416 e. The largest absolute Gasteiger partial charge is 0.503 e. The highest BCUT2D eigenvalue weighted by molar-refractivity contribution is 6.31. The second-order valence-electron chi connectivity index (χ2n) is 12.2. The van der Waals surface area contributed by atoms with Crippen molar-refractivity contribution in [2.24, 2.45) is 0 Å². The number of phenols is 3. The van der Waals surface area contributed by atoms with Crippen molar-refractivity contribution in [3.8, 4) is 17.2 Å². The number of rotatable bonds is 9. The third kappa shape index (κ3) is 11.9. The van der Waals surface area contributed by atoms with Gasteiger partial charge < -0.3 is 31.3 Å². The number of hydrogen-bond acceptors (Lipinski definition) is 6. The lowest BCUT2D eigenvalue weighted by Gasteiger charge is -2.11. The number of benzene rings is 6. The van der Waals surface area contributed by atoms with Crippen LogP contribution in [0, 0.1) is 47.6 Å². The van der Waals surface area contributed by atoms with Crippen LogP contribution in [0.2, 0.25) is 5.02 Å². The maximum Gasteiger partial charge on any atom is 0.416 e. The number of anilines is 3. The molecule has 17 heteroatoms. The van der Waals surface area contributed by atoms with E-state index >= 15 is 0 Å². The quantitative estimate of drug-likeness (QED) is 0.0641. The molecule has 0 fully saturated rings. The normalized spacial score (nSPS) is 10.8. The predicted octanol–water partition coefficient (Wildman–Crippen LogP) is 12.0. The summed E-state index contributed by atoms with van der Waals surface area (Å²) in [6.45, 7) is 2.26. The zero-order valence-electron chi connectivity index (χ0n) is 29.9. The lowest BCUT2D eigenvalue weighted by Crippen LogP contribution is -2.07. The molecule has 0 heterocycles. The highest BCUT2D eigenvalue weighted by Gasteiger charge is 2.30. The number of aromatic hydroxyl groups is 3. The van der Waals surface area contributed by atoms with Gasteiger partial charge in [0, 0.05) is 30.2 Å². The summed E-state index contributed by atoms with van der Waals surface area (Å²) in [7, 11) is 0. The number of aryl methyl sites for hydroxylation is 1. The Kier molecular flexibility index (Phi) is 15.1. The molecule has 0 saturated carbocycles. The predicted molar refractivity (Wildman–Crippen MR) is 200 cm³/mol. The highest BCUT2D eigenvalue weighted by atomic mass is 35.5. The molecule has 58 heavy (non-hydrogen) atoms. The standard InChI is InChI=1S/C14H10F5NO.C14H13F2NO.C13H9ClF3NO/c15-10-4-5-11(13(21)12(10)16)20-7-8-2-1-3-9(6-8)14(17,18)19;1-9-3-2-4-10(7-9)8-17-12-6-5-11(15)13(16)14(12)18;14-8-2-1-3-9(15)7(8)6-18-11-5-4-10(16)12(17)13(11)19/h1-6,20-21H,7H2;2-7,17-18H,8H2,1H3;1-5,18-19H,6H2. The molecule has 0 unspecified atom stereocenters. The van der Waals surface area contributed by atoms with Crippen molar-refractivity contribution in [3.63, 3.8) is 0 Å². The van der Waals surface area contributed by atoms with Crippen molar-refractivity contribution in [3.05, 3.63) is 177 Å². The number of hydrogen-bond donors (Lipinski definition) is 6. The van der Waals surface area contributed by atoms with Gasteiger partial charge in [-0.3, -0.25) is 0 Å². The number of alkyl halides is 3. The van der Waals surface area contributed by atoms with E-state index in [1.54, 1.807) is 0 Å². The van der Waals surface area contributed by atoms with Gasteiger partial charge in [0.25, 0.3) is 0 Å².